The van der Waals surface area contributed by atoms with Gasteiger partial charge in [-0.25, -0.2) is 0 Å². The summed E-state index contributed by atoms with van der Waals surface area (Å²) in [6.45, 7) is 0. The summed E-state index contributed by atoms with van der Waals surface area (Å²) in [5, 5.41) is 0. The van der Waals surface area contributed by atoms with Crippen molar-refractivity contribution in [3.05, 3.63) is 80.4 Å². The van der Waals surface area contributed by atoms with E-state index in [1.165, 1.54) is 0 Å². The third-order valence-corrected chi connectivity index (χ3v) is 3.02. The van der Waals surface area contributed by atoms with Crippen LogP contribution in [0.3, 0.4) is 0 Å². The molecule has 5 nitrogen and oxygen atoms in total. The zero-order valence-corrected chi connectivity index (χ0v) is 10.3. The van der Waals surface area contributed by atoms with Gasteiger partial charge in [0.25, 0.3) is 0 Å². The summed E-state index contributed by atoms with van der Waals surface area (Å²) in [5.74, 6) is -0.139. The number of benzene rings is 2. The summed E-state index contributed by atoms with van der Waals surface area (Å²) >= 11 is 0. The van der Waals surface area contributed by atoms with Gasteiger partial charge in [-0.05, 0) is 18.2 Å². The van der Waals surface area contributed by atoms with E-state index in [-0.39, 0.29) is 5.78 Å². The van der Waals surface area contributed by atoms with Gasteiger partial charge in [0, 0.05) is 11.1 Å². The molecule has 3 aromatic rings. The van der Waals surface area contributed by atoms with Gasteiger partial charge in [-0.2, -0.15) is 0 Å². The predicted octanol–water partition coefficient (Wildman–Crippen LogP) is 1.45. The molecule has 0 spiro atoms. The zero-order valence-electron chi connectivity index (χ0n) is 10.3. The smallest absolute Gasteiger partial charge is 0.314 e. The number of carbonyl (C=O) groups is 1. The number of aromatic nitrogens is 2. The molecule has 0 bridgehead atoms. The Morgan fingerprint density at radius 3 is 2.10 bits per heavy atom. The number of ketones is 1. The van der Waals surface area contributed by atoms with E-state index in [0.717, 1.165) is 0 Å². The molecule has 0 atom stereocenters. The first-order chi connectivity index (χ1) is 9.65. The van der Waals surface area contributed by atoms with Crippen LogP contribution in [0, 0.1) is 0 Å². The minimum absolute atomic E-state index is 0.139. The highest BCUT2D eigenvalue weighted by Crippen LogP contribution is 2.13. The van der Waals surface area contributed by atoms with Gasteiger partial charge in [0.2, 0.25) is 0 Å². The maximum atomic E-state index is 12.3. The van der Waals surface area contributed by atoms with E-state index in [1.54, 1.807) is 42.5 Å². The average Bonchev–Trinajstić information content (AvgIpc) is 2.48. The molecule has 0 unspecified atom stereocenters. The van der Waals surface area contributed by atoms with E-state index in [1.807, 2.05) is 6.07 Å². The van der Waals surface area contributed by atoms with Crippen molar-refractivity contribution in [1.29, 1.82) is 0 Å². The highest BCUT2D eigenvalue weighted by Gasteiger charge is 2.09. The third-order valence-electron chi connectivity index (χ3n) is 3.02. The lowest BCUT2D eigenvalue weighted by Gasteiger charge is -2.03. The van der Waals surface area contributed by atoms with Gasteiger partial charge in [-0.15, -0.1) is 0 Å². The molecule has 2 N–H and O–H groups in total. The van der Waals surface area contributed by atoms with Gasteiger partial charge in [-0.1, -0.05) is 30.3 Å². The number of H-pyrrole nitrogens is 2. The number of aromatic amines is 2. The van der Waals surface area contributed by atoms with Crippen molar-refractivity contribution < 1.29 is 4.79 Å². The van der Waals surface area contributed by atoms with Crippen molar-refractivity contribution in [3.8, 4) is 0 Å². The maximum Gasteiger partial charge on any atom is 0.314 e. The lowest BCUT2D eigenvalue weighted by atomic mass is 10.0. The molecular weight excluding hydrogens is 256 g/mol. The van der Waals surface area contributed by atoms with Crippen LogP contribution < -0.4 is 11.1 Å². The van der Waals surface area contributed by atoms with Crippen LogP contribution in [0.2, 0.25) is 0 Å². The van der Waals surface area contributed by atoms with Gasteiger partial charge in [0.05, 0.1) is 11.0 Å². The molecule has 0 amide bonds. The van der Waals surface area contributed by atoms with Crippen LogP contribution in [-0.2, 0) is 0 Å². The number of fused-ring (bicyclic) bond motifs is 1. The van der Waals surface area contributed by atoms with Gasteiger partial charge >= 0.3 is 11.1 Å². The summed E-state index contributed by atoms with van der Waals surface area (Å²) < 4.78 is 0. The van der Waals surface area contributed by atoms with E-state index in [9.17, 15) is 14.4 Å². The molecule has 3 rings (SSSR count). The highest BCUT2D eigenvalue weighted by atomic mass is 16.2. The van der Waals surface area contributed by atoms with E-state index < -0.39 is 11.1 Å². The SMILES string of the molecule is O=C(c1ccccc1)c1ccc2[nH]c(=O)c(=O)[nH]c2c1. The summed E-state index contributed by atoms with van der Waals surface area (Å²) in [6, 6.07) is 13.6. The van der Waals surface area contributed by atoms with E-state index in [4.69, 9.17) is 0 Å². The Kier molecular flexibility index (Phi) is 2.80. The molecule has 0 fully saturated rings. The van der Waals surface area contributed by atoms with Crippen LogP contribution in [0.1, 0.15) is 15.9 Å². The largest absolute Gasteiger partial charge is 0.316 e. The Morgan fingerprint density at radius 1 is 0.750 bits per heavy atom. The minimum atomic E-state index is -0.734. The van der Waals surface area contributed by atoms with Gasteiger partial charge in [-0.3, -0.25) is 14.4 Å². The number of hydrogen-bond donors (Lipinski definition) is 2. The standard InChI is InChI=1S/C15H10N2O3/c18-13(9-4-2-1-3-5-9)10-6-7-11-12(8-10)17-15(20)14(19)16-11/h1-8H,(H,16,19)(H,17,20). The molecule has 20 heavy (non-hydrogen) atoms. The summed E-state index contributed by atoms with van der Waals surface area (Å²) in [6.07, 6.45) is 0. The number of carbonyl (C=O) groups excluding carboxylic acids is 1. The van der Waals surface area contributed by atoms with Crippen LogP contribution in [0.4, 0.5) is 0 Å². The van der Waals surface area contributed by atoms with Gasteiger partial charge < -0.3 is 9.97 Å². The van der Waals surface area contributed by atoms with Crippen molar-refractivity contribution in [2.24, 2.45) is 0 Å². The van der Waals surface area contributed by atoms with Crippen LogP contribution in [0.25, 0.3) is 11.0 Å². The maximum absolute atomic E-state index is 12.3. The van der Waals surface area contributed by atoms with E-state index in [0.29, 0.717) is 22.2 Å². The van der Waals surface area contributed by atoms with Crippen molar-refractivity contribution in [2.75, 3.05) is 0 Å². The second-order valence-electron chi connectivity index (χ2n) is 4.36. The topological polar surface area (TPSA) is 82.8 Å². The second kappa shape index (κ2) is 4.62. The molecule has 2 aromatic carbocycles. The summed E-state index contributed by atoms with van der Waals surface area (Å²) in [7, 11) is 0. The quantitative estimate of drug-likeness (QED) is 0.544. The monoisotopic (exact) mass is 266 g/mol. The first-order valence-electron chi connectivity index (χ1n) is 6.01. The van der Waals surface area contributed by atoms with Gasteiger partial charge in [0.15, 0.2) is 5.78 Å². The van der Waals surface area contributed by atoms with Gasteiger partial charge in [0.1, 0.15) is 0 Å². The van der Waals surface area contributed by atoms with E-state index in [2.05, 4.69) is 9.97 Å². The lowest BCUT2D eigenvalue weighted by molar-refractivity contribution is 0.103. The van der Waals surface area contributed by atoms with Crippen molar-refractivity contribution in [3.63, 3.8) is 0 Å². The Bertz CT molecular complexity index is 908. The normalized spacial score (nSPS) is 10.6. The Morgan fingerprint density at radius 2 is 1.40 bits per heavy atom. The Balaban J connectivity index is 2.14. The first kappa shape index (κ1) is 12.1. The molecule has 98 valence electrons. The van der Waals surface area contributed by atoms with Crippen LogP contribution in [-0.4, -0.2) is 15.8 Å². The molecule has 0 radical (unpaired) electrons. The predicted molar refractivity (Wildman–Crippen MR) is 75.1 cm³/mol. The molecule has 0 aliphatic carbocycles. The summed E-state index contributed by atoms with van der Waals surface area (Å²) in [4.78, 5) is 39.7. The Labute approximate surface area is 112 Å². The molecule has 0 aliphatic rings. The van der Waals surface area contributed by atoms with Crippen molar-refractivity contribution >= 4 is 16.8 Å². The minimum Gasteiger partial charge on any atom is -0.316 e. The molecule has 0 saturated carbocycles. The second-order valence-corrected chi connectivity index (χ2v) is 4.36. The molecule has 0 aliphatic heterocycles. The molecular formula is C15H10N2O3. The van der Waals surface area contributed by atoms with Crippen molar-refractivity contribution in [2.45, 2.75) is 0 Å². The number of rotatable bonds is 2. The fourth-order valence-corrected chi connectivity index (χ4v) is 2.01. The van der Waals surface area contributed by atoms with E-state index >= 15 is 0 Å². The molecule has 1 aromatic heterocycles. The summed E-state index contributed by atoms with van der Waals surface area (Å²) in [5.41, 5.74) is 0.488. The number of nitrogens with one attached hydrogen (secondary N) is 2. The Hall–Kier alpha value is -2.95. The molecule has 0 saturated heterocycles. The van der Waals surface area contributed by atoms with Crippen LogP contribution in [0.5, 0.6) is 0 Å². The van der Waals surface area contributed by atoms with Crippen LogP contribution >= 0.6 is 0 Å². The first-order valence-corrected chi connectivity index (χ1v) is 6.01. The third kappa shape index (κ3) is 2.05. The lowest BCUT2D eigenvalue weighted by Crippen LogP contribution is -2.28. The zero-order chi connectivity index (χ0) is 14.1. The average molecular weight is 266 g/mol. The highest BCUT2D eigenvalue weighted by molar-refractivity contribution is 6.10. The fourth-order valence-electron chi connectivity index (χ4n) is 2.01. The fraction of sp³-hybridized carbons (Fsp3) is 0. The van der Waals surface area contributed by atoms with Crippen molar-refractivity contribution in [1.82, 2.24) is 9.97 Å². The van der Waals surface area contributed by atoms with Crippen LogP contribution in [0.15, 0.2) is 58.1 Å². The number of hydrogen-bond acceptors (Lipinski definition) is 3. The molecule has 5 heteroatoms. The molecule has 1 heterocycles.